The van der Waals surface area contributed by atoms with E-state index in [4.69, 9.17) is 10.5 Å². The fraction of sp³-hybridized carbons (Fsp3) is 0.727. The summed E-state index contributed by atoms with van der Waals surface area (Å²) in [7, 11) is 0. The van der Waals surface area contributed by atoms with E-state index in [1.54, 1.807) is 0 Å². The number of amides is 1. The Labute approximate surface area is 91.1 Å². The summed E-state index contributed by atoms with van der Waals surface area (Å²) in [6.07, 6.45) is 3.29. The molecule has 0 aromatic carbocycles. The minimum atomic E-state index is -0.399. The Balaban J connectivity index is 2.67. The molecule has 0 aromatic heterocycles. The molecule has 0 unspecified atom stereocenters. The fourth-order valence-corrected chi connectivity index (χ4v) is 1.92. The van der Waals surface area contributed by atoms with Crippen LogP contribution in [0.1, 0.15) is 20.8 Å². The number of hydrogen-bond acceptors (Lipinski definition) is 3. The van der Waals surface area contributed by atoms with Gasteiger partial charge in [0.2, 0.25) is 5.91 Å². The van der Waals surface area contributed by atoms with Crippen LogP contribution in [0.15, 0.2) is 12.2 Å². The van der Waals surface area contributed by atoms with Gasteiger partial charge in [0, 0.05) is 11.6 Å². The average Bonchev–Trinajstić information content (AvgIpc) is 2.07. The maximum atomic E-state index is 10.7. The second-order valence-electron chi connectivity index (χ2n) is 4.37. The second-order valence-corrected chi connectivity index (χ2v) is 4.37. The van der Waals surface area contributed by atoms with E-state index in [1.807, 2.05) is 6.08 Å². The summed E-state index contributed by atoms with van der Waals surface area (Å²) in [5.41, 5.74) is 4.94. The standard InChI is InChI=1S/C11H20N2O2/c1-4-13(9-7-15-8-9)11(2,3)6-5-10(12)14/h5-6,9H,4,7-8H2,1-3H3,(H2,12,14). The zero-order chi connectivity index (χ0) is 11.5. The van der Waals surface area contributed by atoms with Crippen molar-refractivity contribution in [1.29, 1.82) is 0 Å². The molecular weight excluding hydrogens is 192 g/mol. The quantitative estimate of drug-likeness (QED) is 0.676. The fourth-order valence-electron chi connectivity index (χ4n) is 1.92. The maximum absolute atomic E-state index is 10.7. The molecule has 0 aliphatic carbocycles. The maximum Gasteiger partial charge on any atom is 0.241 e. The third kappa shape index (κ3) is 3.04. The van der Waals surface area contributed by atoms with Crippen molar-refractivity contribution in [2.75, 3.05) is 19.8 Å². The van der Waals surface area contributed by atoms with Crippen LogP contribution in [0.5, 0.6) is 0 Å². The Hall–Kier alpha value is -0.870. The van der Waals surface area contributed by atoms with E-state index >= 15 is 0 Å². The highest BCUT2D eigenvalue weighted by Crippen LogP contribution is 2.22. The summed E-state index contributed by atoms with van der Waals surface area (Å²) < 4.78 is 5.18. The lowest BCUT2D eigenvalue weighted by Gasteiger charge is -2.45. The summed E-state index contributed by atoms with van der Waals surface area (Å²) in [6.45, 7) is 8.76. The largest absolute Gasteiger partial charge is 0.378 e. The molecule has 1 amide bonds. The molecular formula is C11H20N2O2. The minimum absolute atomic E-state index is 0.155. The van der Waals surface area contributed by atoms with Crippen molar-refractivity contribution >= 4 is 5.91 Å². The van der Waals surface area contributed by atoms with Gasteiger partial charge >= 0.3 is 0 Å². The molecule has 1 aliphatic heterocycles. The Bertz CT molecular complexity index is 257. The number of carbonyl (C=O) groups is 1. The zero-order valence-corrected chi connectivity index (χ0v) is 9.69. The van der Waals surface area contributed by atoms with Gasteiger partial charge in [0.15, 0.2) is 0 Å². The van der Waals surface area contributed by atoms with Crippen LogP contribution in [-0.2, 0) is 9.53 Å². The Morgan fingerprint density at radius 1 is 1.60 bits per heavy atom. The van der Waals surface area contributed by atoms with Crippen molar-refractivity contribution in [3.05, 3.63) is 12.2 Å². The highest BCUT2D eigenvalue weighted by Gasteiger charge is 2.33. The molecule has 86 valence electrons. The zero-order valence-electron chi connectivity index (χ0n) is 9.69. The van der Waals surface area contributed by atoms with Crippen molar-refractivity contribution < 1.29 is 9.53 Å². The predicted octanol–water partition coefficient (Wildman–Crippen LogP) is 0.527. The molecule has 1 rings (SSSR count). The van der Waals surface area contributed by atoms with Crippen LogP contribution in [0.2, 0.25) is 0 Å². The number of rotatable bonds is 5. The van der Waals surface area contributed by atoms with Crippen molar-refractivity contribution in [1.82, 2.24) is 4.90 Å². The highest BCUT2D eigenvalue weighted by molar-refractivity contribution is 5.85. The van der Waals surface area contributed by atoms with Crippen LogP contribution in [0.3, 0.4) is 0 Å². The third-order valence-electron chi connectivity index (χ3n) is 2.80. The van der Waals surface area contributed by atoms with Gasteiger partial charge in [-0.15, -0.1) is 0 Å². The number of ether oxygens (including phenoxy) is 1. The van der Waals surface area contributed by atoms with E-state index in [2.05, 4.69) is 25.7 Å². The van der Waals surface area contributed by atoms with Crippen LogP contribution in [0, 0.1) is 0 Å². The number of carbonyl (C=O) groups excluding carboxylic acids is 1. The van der Waals surface area contributed by atoms with Crippen LogP contribution in [0.25, 0.3) is 0 Å². The van der Waals surface area contributed by atoms with Crippen molar-refractivity contribution in [3.8, 4) is 0 Å². The molecule has 0 bridgehead atoms. The summed E-state index contributed by atoms with van der Waals surface area (Å²) in [6, 6.07) is 0.461. The van der Waals surface area contributed by atoms with E-state index in [0.717, 1.165) is 19.8 Å². The lowest BCUT2D eigenvalue weighted by molar-refractivity contribution is -0.113. The molecule has 1 fully saturated rings. The summed E-state index contributed by atoms with van der Waals surface area (Å²) in [5, 5.41) is 0. The molecule has 0 spiro atoms. The van der Waals surface area contributed by atoms with Crippen LogP contribution in [-0.4, -0.2) is 42.1 Å². The van der Waals surface area contributed by atoms with Crippen LogP contribution in [0.4, 0.5) is 0 Å². The van der Waals surface area contributed by atoms with Gasteiger partial charge in [-0.3, -0.25) is 9.69 Å². The van der Waals surface area contributed by atoms with E-state index in [-0.39, 0.29) is 5.54 Å². The molecule has 0 radical (unpaired) electrons. The number of hydrogen-bond donors (Lipinski definition) is 1. The first kappa shape index (κ1) is 12.2. The van der Waals surface area contributed by atoms with Gasteiger partial charge in [-0.2, -0.15) is 0 Å². The Morgan fingerprint density at radius 3 is 2.53 bits per heavy atom. The molecule has 15 heavy (non-hydrogen) atoms. The Morgan fingerprint density at radius 2 is 2.20 bits per heavy atom. The van der Waals surface area contributed by atoms with Gasteiger partial charge in [-0.05, 0) is 20.4 Å². The number of primary amides is 1. The van der Waals surface area contributed by atoms with Gasteiger partial charge in [0.1, 0.15) is 0 Å². The van der Waals surface area contributed by atoms with Gasteiger partial charge in [0.05, 0.1) is 19.3 Å². The highest BCUT2D eigenvalue weighted by atomic mass is 16.5. The SMILES string of the molecule is CCN(C1COC1)C(C)(C)C=CC(N)=O. The van der Waals surface area contributed by atoms with Crippen molar-refractivity contribution in [3.63, 3.8) is 0 Å². The molecule has 0 aromatic rings. The van der Waals surface area contributed by atoms with Gasteiger partial charge < -0.3 is 10.5 Å². The van der Waals surface area contributed by atoms with E-state index in [1.165, 1.54) is 6.08 Å². The molecule has 0 saturated carbocycles. The predicted molar refractivity (Wildman–Crippen MR) is 59.4 cm³/mol. The van der Waals surface area contributed by atoms with Crippen molar-refractivity contribution in [2.24, 2.45) is 5.73 Å². The van der Waals surface area contributed by atoms with Gasteiger partial charge in [-0.25, -0.2) is 0 Å². The average molecular weight is 212 g/mol. The molecule has 0 atom stereocenters. The van der Waals surface area contributed by atoms with E-state index < -0.39 is 5.91 Å². The Kier molecular flexibility index (Phi) is 3.88. The van der Waals surface area contributed by atoms with Gasteiger partial charge in [0.25, 0.3) is 0 Å². The van der Waals surface area contributed by atoms with Crippen molar-refractivity contribution in [2.45, 2.75) is 32.4 Å². The van der Waals surface area contributed by atoms with Gasteiger partial charge in [-0.1, -0.05) is 13.0 Å². The summed E-state index contributed by atoms with van der Waals surface area (Å²) >= 11 is 0. The lowest BCUT2D eigenvalue weighted by Crippen LogP contribution is -2.56. The molecule has 1 saturated heterocycles. The minimum Gasteiger partial charge on any atom is -0.378 e. The number of likely N-dealkylation sites (N-methyl/N-ethyl adjacent to an activating group) is 1. The van der Waals surface area contributed by atoms with E-state index in [9.17, 15) is 4.79 Å². The normalized spacial score (nSPS) is 18.4. The third-order valence-corrected chi connectivity index (χ3v) is 2.80. The first-order valence-corrected chi connectivity index (χ1v) is 5.30. The molecule has 4 nitrogen and oxygen atoms in total. The smallest absolute Gasteiger partial charge is 0.241 e. The molecule has 1 heterocycles. The first-order valence-electron chi connectivity index (χ1n) is 5.30. The molecule has 4 heteroatoms. The summed E-state index contributed by atoms with van der Waals surface area (Å²) in [4.78, 5) is 13.0. The first-order chi connectivity index (χ1) is 6.97. The van der Waals surface area contributed by atoms with Crippen LogP contribution < -0.4 is 5.73 Å². The topological polar surface area (TPSA) is 55.6 Å². The summed E-state index contributed by atoms with van der Waals surface area (Å²) in [5.74, 6) is -0.399. The lowest BCUT2D eigenvalue weighted by atomic mass is 9.98. The second kappa shape index (κ2) is 4.77. The van der Waals surface area contributed by atoms with Crippen LogP contribution >= 0.6 is 0 Å². The monoisotopic (exact) mass is 212 g/mol. The molecule has 1 aliphatic rings. The molecule has 2 N–H and O–H groups in total. The van der Waals surface area contributed by atoms with E-state index in [0.29, 0.717) is 6.04 Å². The number of nitrogens with two attached hydrogens (primary N) is 1. The number of nitrogens with zero attached hydrogens (tertiary/aromatic N) is 1.